The first-order valence-electron chi connectivity index (χ1n) is 6.11. The molecule has 17 heavy (non-hydrogen) atoms. The quantitative estimate of drug-likeness (QED) is 0.836. The molecule has 0 radical (unpaired) electrons. The normalized spacial score (nSPS) is 16.6. The zero-order valence-electron chi connectivity index (χ0n) is 10.8. The highest BCUT2D eigenvalue weighted by Gasteiger charge is 2.49. The number of nitrogens with one attached hydrogen (secondary N) is 2. The monoisotopic (exact) mass is 232 g/mol. The van der Waals surface area contributed by atoms with E-state index in [2.05, 4.69) is 23.6 Å². The molecule has 1 aromatic rings. The summed E-state index contributed by atoms with van der Waals surface area (Å²) in [5.74, 6) is 0.152. The molecule has 0 atom stereocenters. The van der Waals surface area contributed by atoms with Gasteiger partial charge in [0.2, 0.25) is 5.91 Å². The zero-order chi connectivity index (χ0) is 12.5. The van der Waals surface area contributed by atoms with Gasteiger partial charge in [-0.15, -0.1) is 0 Å². The molecule has 0 aromatic heterocycles. The predicted molar refractivity (Wildman–Crippen MR) is 70.1 cm³/mol. The van der Waals surface area contributed by atoms with E-state index in [4.69, 9.17) is 0 Å². The minimum atomic E-state index is -0.161. The van der Waals surface area contributed by atoms with Crippen molar-refractivity contribution in [3.63, 3.8) is 0 Å². The van der Waals surface area contributed by atoms with E-state index in [-0.39, 0.29) is 11.3 Å². The first kappa shape index (κ1) is 12.1. The lowest BCUT2D eigenvalue weighted by molar-refractivity contribution is -0.120. The molecule has 2 rings (SSSR count). The highest BCUT2D eigenvalue weighted by atomic mass is 16.2. The molecule has 0 bridgehead atoms. The number of carbonyl (C=O) groups excluding carboxylic acids is 1. The van der Waals surface area contributed by atoms with Gasteiger partial charge in [0.05, 0.1) is 5.41 Å². The van der Waals surface area contributed by atoms with E-state index in [9.17, 15) is 4.79 Å². The van der Waals surface area contributed by atoms with E-state index in [0.717, 1.165) is 30.6 Å². The van der Waals surface area contributed by atoms with Gasteiger partial charge >= 0.3 is 0 Å². The molecule has 1 amide bonds. The van der Waals surface area contributed by atoms with Crippen LogP contribution < -0.4 is 10.6 Å². The summed E-state index contributed by atoms with van der Waals surface area (Å²) < 4.78 is 0. The van der Waals surface area contributed by atoms with Gasteiger partial charge in [-0.25, -0.2) is 0 Å². The molecule has 3 nitrogen and oxygen atoms in total. The van der Waals surface area contributed by atoms with Crippen LogP contribution >= 0.6 is 0 Å². The van der Waals surface area contributed by atoms with Gasteiger partial charge in [0.15, 0.2) is 0 Å². The van der Waals surface area contributed by atoms with Crippen LogP contribution in [-0.4, -0.2) is 19.5 Å². The molecule has 0 saturated heterocycles. The lowest BCUT2D eigenvalue weighted by Gasteiger charge is -2.16. The lowest BCUT2D eigenvalue weighted by atomic mass is 10.1. The molecule has 3 heteroatoms. The highest BCUT2D eigenvalue weighted by molar-refractivity contribution is 5.97. The van der Waals surface area contributed by atoms with Gasteiger partial charge in [-0.2, -0.15) is 0 Å². The Morgan fingerprint density at radius 2 is 2.06 bits per heavy atom. The minimum absolute atomic E-state index is 0.152. The van der Waals surface area contributed by atoms with Crippen molar-refractivity contribution in [2.75, 3.05) is 18.9 Å². The number of hydrogen-bond acceptors (Lipinski definition) is 2. The molecule has 2 N–H and O–H groups in total. The van der Waals surface area contributed by atoms with Gasteiger partial charge in [0, 0.05) is 12.2 Å². The summed E-state index contributed by atoms with van der Waals surface area (Å²) >= 11 is 0. The maximum atomic E-state index is 12.2. The molecule has 92 valence electrons. The number of carbonyl (C=O) groups is 1. The smallest absolute Gasteiger partial charge is 0.231 e. The van der Waals surface area contributed by atoms with E-state index < -0.39 is 0 Å². The van der Waals surface area contributed by atoms with Crippen LogP contribution in [0.4, 0.5) is 5.69 Å². The number of anilines is 1. The van der Waals surface area contributed by atoms with Crippen LogP contribution in [0.2, 0.25) is 0 Å². The van der Waals surface area contributed by atoms with E-state index in [1.165, 1.54) is 5.56 Å². The molecular weight excluding hydrogens is 212 g/mol. The van der Waals surface area contributed by atoms with Gasteiger partial charge in [0.1, 0.15) is 0 Å². The van der Waals surface area contributed by atoms with Crippen molar-refractivity contribution >= 4 is 11.6 Å². The molecule has 1 saturated carbocycles. The average Bonchev–Trinajstić information content (AvgIpc) is 3.04. The van der Waals surface area contributed by atoms with Crippen LogP contribution in [0.3, 0.4) is 0 Å². The van der Waals surface area contributed by atoms with Crippen molar-refractivity contribution < 1.29 is 4.79 Å². The van der Waals surface area contributed by atoms with Gasteiger partial charge < -0.3 is 10.6 Å². The molecular formula is C14H20N2O. The van der Waals surface area contributed by atoms with Crippen LogP contribution in [-0.2, 0) is 4.79 Å². The Bertz CT molecular complexity index is 436. The van der Waals surface area contributed by atoms with Crippen LogP contribution in [0.5, 0.6) is 0 Å². The molecule has 0 spiro atoms. The van der Waals surface area contributed by atoms with Crippen LogP contribution in [0.1, 0.15) is 24.0 Å². The maximum absolute atomic E-state index is 12.2. The Morgan fingerprint density at radius 1 is 1.35 bits per heavy atom. The fourth-order valence-corrected chi connectivity index (χ4v) is 2.18. The second-order valence-corrected chi connectivity index (χ2v) is 5.08. The topological polar surface area (TPSA) is 41.1 Å². The third kappa shape index (κ3) is 2.50. The summed E-state index contributed by atoms with van der Waals surface area (Å²) in [6.07, 6.45) is 1.98. The maximum Gasteiger partial charge on any atom is 0.231 e. The van der Waals surface area contributed by atoms with E-state index in [1.807, 2.05) is 26.1 Å². The van der Waals surface area contributed by atoms with E-state index >= 15 is 0 Å². The second kappa shape index (κ2) is 4.49. The summed E-state index contributed by atoms with van der Waals surface area (Å²) in [5.41, 5.74) is 3.12. The number of aryl methyl sites for hydroxylation is 2. The number of hydrogen-bond donors (Lipinski definition) is 2. The van der Waals surface area contributed by atoms with Crippen molar-refractivity contribution in [2.45, 2.75) is 26.7 Å². The number of rotatable bonds is 4. The summed E-state index contributed by atoms with van der Waals surface area (Å²) in [7, 11) is 1.89. The van der Waals surface area contributed by atoms with Crippen molar-refractivity contribution in [3.05, 3.63) is 29.3 Å². The SMILES string of the molecule is CNCC1(C(=O)Nc2ccc(C)cc2C)CC1. The molecule has 0 heterocycles. The van der Waals surface area contributed by atoms with E-state index in [0.29, 0.717) is 0 Å². The molecule has 0 unspecified atom stereocenters. The van der Waals surface area contributed by atoms with Gasteiger partial charge in [-0.1, -0.05) is 17.7 Å². The summed E-state index contributed by atoms with van der Waals surface area (Å²) in [6, 6.07) is 6.10. The second-order valence-electron chi connectivity index (χ2n) is 5.08. The first-order chi connectivity index (χ1) is 8.07. The highest BCUT2D eigenvalue weighted by Crippen LogP contribution is 2.46. The van der Waals surface area contributed by atoms with Gasteiger partial charge in [0.25, 0.3) is 0 Å². The average molecular weight is 232 g/mol. The van der Waals surface area contributed by atoms with Crippen molar-refractivity contribution in [3.8, 4) is 0 Å². The zero-order valence-corrected chi connectivity index (χ0v) is 10.8. The Labute approximate surface area is 103 Å². The first-order valence-corrected chi connectivity index (χ1v) is 6.11. The molecule has 1 fully saturated rings. The Kier molecular flexibility index (Phi) is 3.20. The molecule has 1 aromatic carbocycles. The number of amides is 1. The van der Waals surface area contributed by atoms with Gasteiger partial charge in [-0.3, -0.25) is 4.79 Å². The largest absolute Gasteiger partial charge is 0.325 e. The molecule has 1 aliphatic rings. The minimum Gasteiger partial charge on any atom is -0.325 e. The Hall–Kier alpha value is -1.35. The number of benzene rings is 1. The van der Waals surface area contributed by atoms with Crippen molar-refractivity contribution in [1.29, 1.82) is 0 Å². The fraction of sp³-hybridized carbons (Fsp3) is 0.500. The van der Waals surface area contributed by atoms with Crippen LogP contribution in [0.15, 0.2) is 18.2 Å². The predicted octanol–water partition coefficient (Wildman–Crippen LogP) is 2.24. The third-order valence-electron chi connectivity index (χ3n) is 3.48. The van der Waals surface area contributed by atoms with Crippen molar-refractivity contribution in [1.82, 2.24) is 5.32 Å². The molecule has 1 aliphatic carbocycles. The molecule has 0 aliphatic heterocycles. The summed E-state index contributed by atoms with van der Waals surface area (Å²) in [6.45, 7) is 4.85. The van der Waals surface area contributed by atoms with E-state index in [1.54, 1.807) is 0 Å². The third-order valence-corrected chi connectivity index (χ3v) is 3.48. The summed E-state index contributed by atoms with van der Waals surface area (Å²) in [5, 5.41) is 6.15. The van der Waals surface area contributed by atoms with Crippen LogP contribution in [0, 0.1) is 19.3 Å². The Balaban J connectivity index is 2.08. The summed E-state index contributed by atoms with van der Waals surface area (Å²) in [4.78, 5) is 12.2. The van der Waals surface area contributed by atoms with Crippen LogP contribution in [0.25, 0.3) is 0 Å². The standard InChI is InChI=1S/C14H20N2O/c1-10-4-5-12(11(2)8-10)16-13(17)14(6-7-14)9-15-3/h4-5,8,15H,6-7,9H2,1-3H3,(H,16,17). The lowest BCUT2D eigenvalue weighted by Crippen LogP contribution is -2.32. The Morgan fingerprint density at radius 3 is 2.59 bits per heavy atom. The van der Waals surface area contributed by atoms with Gasteiger partial charge in [-0.05, 0) is 45.4 Å². The fourth-order valence-electron chi connectivity index (χ4n) is 2.18. The van der Waals surface area contributed by atoms with Crippen molar-refractivity contribution in [2.24, 2.45) is 5.41 Å².